The molecule has 1 amide bonds. The summed E-state index contributed by atoms with van der Waals surface area (Å²) in [5.74, 6) is 0.847. The second kappa shape index (κ2) is 5.11. The van der Waals surface area contributed by atoms with Gasteiger partial charge in [-0.1, -0.05) is 19.9 Å². The Hall–Kier alpha value is -2.27. The van der Waals surface area contributed by atoms with E-state index in [1.165, 1.54) is 5.56 Å². The Morgan fingerprint density at radius 1 is 1.21 bits per heavy atom. The Bertz CT molecular complexity index is 988. The van der Waals surface area contributed by atoms with Crippen molar-refractivity contribution in [1.29, 1.82) is 0 Å². The van der Waals surface area contributed by atoms with Crippen molar-refractivity contribution in [3.05, 3.63) is 41.5 Å². The Balaban J connectivity index is 1.89. The van der Waals surface area contributed by atoms with Crippen molar-refractivity contribution in [1.82, 2.24) is 9.97 Å². The molecule has 5 heteroatoms. The number of imidazole rings is 1. The van der Waals surface area contributed by atoms with Gasteiger partial charge in [0.2, 0.25) is 5.91 Å². The van der Waals surface area contributed by atoms with Crippen LogP contribution in [0.2, 0.25) is 0 Å². The van der Waals surface area contributed by atoms with E-state index in [1.807, 2.05) is 25.1 Å². The van der Waals surface area contributed by atoms with Crippen molar-refractivity contribution in [3.63, 3.8) is 0 Å². The summed E-state index contributed by atoms with van der Waals surface area (Å²) in [4.78, 5) is 20.9. The van der Waals surface area contributed by atoms with E-state index in [0.717, 1.165) is 38.6 Å². The summed E-state index contributed by atoms with van der Waals surface area (Å²) in [5, 5.41) is 2.97. The van der Waals surface area contributed by atoms with Gasteiger partial charge in [-0.2, -0.15) is 0 Å². The van der Waals surface area contributed by atoms with E-state index in [0.29, 0.717) is 6.42 Å². The van der Waals surface area contributed by atoms with Crippen LogP contribution < -0.4 is 5.32 Å². The van der Waals surface area contributed by atoms with E-state index in [9.17, 15) is 4.79 Å². The first-order chi connectivity index (χ1) is 11.3. The van der Waals surface area contributed by atoms with Crippen LogP contribution in [0.3, 0.4) is 0 Å². The number of rotatable bonds is 1. The molecule has 4 nitrogen and oxygen atoms in total. The lowest BCUT2D eigenvalue weighted by Crippen LogP contribution is -2.32. The number of aryl methyl sites for hydroxylation is 1. The number of aromatic amines is 1. The third kappa shape index (κ3) is 2.40. The molecule has 1 aliphatic heterocycles. The van der Waals surface area contributed by atoms with Gasteiger partial charge >= 0.3 is 0 Å². The predicted octanol–water partition coefficient (Wildman–Crippen LogP) is 4.45. The Morgan fingerprint density at radius 2 is 2.00 bits per heavy atom. The molecule has 0 saturated carbocycles. The number of hydrogen-bond acceptors (Lipinski definition) is 3. The second-order valence-corrected chi connectivity index (χ2v) is 7.61. The van der Waals surface area contributed by atoms with Gasteiger partial charge in [-0.3, -0.25) is 4.79 Å². The lowest BCUT2D eigenvalue weighted by atomic mass is 9.78. The van der Waals surface area contributed by atoms with Gasteiger partial charge in [0, 0.05) is 28.0 Å². The van der Waals surface area contributed by atoms with Gasteiger partial charge in [-0.15, -0.1) is 12.6 Å². The minimum Gasteiger partial charge on any atom is -0.338 e. The number of anilines is 1. The molecule has 0 aliphatic carbocycles. The van der Waals surface area contributed by atoms with Crippen LogP contribution in [-0.2, 0) is 10.2 Å². The Kier molecular flexibility index (Phi) is 3.25. The number of nitrogens with one attached hydrogen (secondary N) is 2. The number of nitrogens with zero attached hydrogens (tertiary/aromatic N) is 1. The number of carbonyl (C=O) groups excluding carboxylic acids is 1. The van der Waals surface area contributed by atoms with Crippen LogP contribution in [0.15, 0.2) is 35.2 Å². The number of thiol groups is 1. The van der Waals surface area contributed by atoms with E-state index in [1.54, 1.807) is 0 Å². The number of fused-ring (bicyclic) bond motifs is 2. The molecule has 2 N–H and O–H groups in total. The summed E-state index contributed by atoms with van der Waals surface area (Å²) >= 11 is 4.57. The first kappa shape index (κ1) is 15.3. The fourth-order valence-corrected chi connectivity index (χ4v) is 3.76. The van der Waals surface area contributed by atoms with Crippen LogP contribution in [0.5, 0.6) is 0 Å². The zero-order valence-electron chi connectivity index (χ0n) is 13.9. The zero-order valence-corrected chi connectivity index (χ0v) is 14.8. The highest BCUT2D eigenvalue weighted by Gasteiger charge is 2.32. The van der Waals surface area contributed by atoms with Crippen LogP contribution >= 0.6 is 12.6 Å². The quantitative estimate of drug-likeness (QED) is 0.575. The van der Waals surface area contributed by atoms with Gasteiger partial charge < -0.3 is 10.3 Å². The minimum absolute atomic E-state index is 0.0544. The lowest BCUT2D eigenvalue weighted by molar-refractivity contribution is -0.117. The van der Waals surface area contributed by atoms with Crippen LogP contribution in [0, 0.1) is 6.92 Å². The molecule has 0 fully saturated rings. The molecule has 0 bridgehead atoms. The molecule has 0 unspecified atom stereocenters. The SMILES string of the molecule is Cc1ccc(-c2nc3cc4c(cc3[nH]2)C(C)(C)CC(=O)N4)c(S)c1. The standard InChI is InChI=1S/C19H19N3OS/c1-10-4-5-11(16(24)6-10)18-21-14-7-12-13(8-15(14)22-18)20-17(23)9-19(12,2)3/h4-8,24H,9H2,1-3H3,(H,20,23)(H,21,22). The molecular weight excluding hydrogens is 318 g/mol. The molecule has 1 aromatic heterocycles. The number of carbonyl (C=O) groups is 1. The maximum absolute atomic E-state index is 11.9. The van der Waals surface area contributed by atoms with Gasteiger partial charge in [-0.25, -0.2) is 4.98 Å². The van der Waals surface area contributed by atoms with E-state index >= 15 is 0 Å². The number of benzene rings is 2. The van der Waals surface area contributed by atoms with Gasteiger partial charge in [0.05, 0.1) is 11.0 Å². The number of H-pyrrole nitrogens is 1. The van der Waals surface area contributed by atoms with Crippen molar-refractivity contribution in [3.8, 4) is 11.4 Å². The molecule has 2 aromatic carbocycles. The van der Waals surface area contributed by atoms with Crippen LogP contribution in [0.25, 0.3) is 22.4 Å². The number of hydrogen-bond donors (Lipinski definition) is 3. The minimum atomic E-state index is -0.185. The normalized spacial score (nSPS) is 16.1. The summed E-state index contributed by atoms with van der Waals surface area (Å²) in [6, 6.07) is 10.2. The molecule has 24 heavy (non-hydrogen) atoms. The van der Waals surface area contributed by atoms with Crippen LogP contribution in [-0.4, -0.2) is 15.9 Å². The summed E-state index contributed by atoms with van der Waals surface area (Å²) in [6.45, 7) is 6.24. The fraction of sp³-hybridized carbons (Fsp3) is 0.263. The summed E-state index contributed by atoms with van der Waals surface area (Å²) in [6.07, 6.45) is 0.491. The second-order valence-electron chi connectivity index (χ2n) is 7.13. The highest BCUT2D eigenvalue weighted by molar-refractivity contribution is 7.80. The third-order valence-electron chi connectivity index (χ3n) is 4.64. The van der Waals surface area contributed by atoms with Gasteiger partial charge in [0.1, 0.15) is 5.82 Å². The molecule has 0 atom stereocenters. The first-order valence-corrected chi connectivity index (χ1v) is 8.42. The molecule has 0 saturated heterocycles. The molecule has 2 heterocycles. The van der Waals surface area contributed by atoms with Gasteiger partial charge in [0.15, 0.2) is 0 Å². The molecule has 3 aromatic rings. The molecular formula is C19H19N3OS. The molecule has 4 rings (SSSR count). The van der Waals surface area contributed by atoms with Crippen molar-refractivity contribution < 1.29 is 4.79 Å². The summed E-state index contributed by atoms with van der Waals surface area (Å²) in [5.41, 5.74) is 5.77. The monoisotopic (exact) mass is 337 g/mol. The maximum atomic E-state index is 11.9. The van der Waals surface area contributed by atoms with Crippen LogP contribution in [0.1, 0.15) is 31.4 Å². The Morgan fingerprint density at radius 3 is 2.75 bits per heavy atom. The highest BCUT2D eigenvalue weighted by Crippen LogP contribution is 2.39. The highest BCUT2D eigenvalue weighted by atomic mass is 32.1. The topological polar surface area (TPSA) is 57.8 Å². The smallest absolute Gasteiger partial charge is 0.225 e. The molecule has 1 aliphatic rings. The molecule has 122 valence electrons. The van der Waals surface area contributed by atoms with E-state index in [2.05, 4.69) is 48.9 Å². The average Bonchev–Trinajstić information content (AvgIpc) is 2.87. The first-order valence-electron chi connectivity index (χ1n) is 7.97. The lowest BCUT2D eigenvalue weighted by Gasteiger charge is -2.31. The van der Waals surface area contributed by atoms with Crippen molar-refractivity contribution in [2.24, 2.45) is 0 Å². The third-order valence-corrected chi connectivity index (χ3v) is 5.01. The van der Waals surface area contributed by atoms with Crippen LogP contribution in [0.4, 0.5) is 5.69 Å². The molecule has 0 spiro atoms. The van der Waals surface area contributed by atoms with Gasteiger partial charge in [-0.05, 0) is 42.3 Å². The maximum Gasteiger partial charge on any atom is 0.225 e. The van der Waals surface area contributed by atoms with Crippen molar-refractivity contribution in [2.45, 2.75) is 37.5 Å². The zero-order chi connectivity index (χ0) is 17.1. The van der Waals surface area contributed by atoms with Crippen molar-refractivity contribution >= 4 is 35.3 Å². The largest absolute Gasteiger partial charge is 0.338 e. The van der Waals surface area contributed by atoms with Crippen molar-refractivity contribution in [2.75, 3.05) is 5.32 Å². The summed E-state index contributed by atoms with van der Waals surface area (Å²) < 4.78 is 0. The van der Waals surface area contributed by atoms with E-state index in [-0.39, 0.29) is 11.3 Å². The average molecular weight is 337 g/mol. The van der Waals surface area contributed by atoms with Gasteiger partial charge in [0.25, 0.3) is 0 Å². The Labute approximate surface area is 146 Å². The van der Waals surface area contributed by atoms with E-state index in [4.69, 9.17) is 4.98 Å². The fourth-order valence-electron chi connectivity index (χ4n) is 3.38. The number of aromatic nitrogens is 2. The van der Waals surface area contributed by atoms with E-state index < -0.39 is 0 Å². The predicted molar refractivity (Wildman–Crippen MR) is 99.8 cm³/mol. The molecule has 0 radical (unpaired) electrons. The number of amides is 1. The summed E-state index contributed by atoms with van der Waals surface area (Å²) in [7, 11) is 0.